The predicted octanol–water partition coefficient (Wildman–Crippen LogP) is 2.27. The molecule has 1 aromatic rings. The maximum atomic E-state index is 12.8. The molecule has 1 N–H and O–H groups in total. The molecule has 120 valence electrons. The zero-order chi connectivity index (χ0) is 15.7. The minimum Gasteiger partial charge on any atom is -0.380 e. The molecule has 0 saturated heterocycles. The average molecular weight is 306 g/mol. The van der Waals surface area contributed by atoms with E-state index in [1.165, 1.54) is 0 Å². The fourth-order valence-electron chi connectivity index (χ4n) is 1.81. The van der Waals surface area contributed by atoms with Gasteiger partial charge in [-0.05, 0) is 12.5 Å². The molecular weight excluding hydrogens is 285 g/mol. The zero-order valence-corrected chi connectivity index (χ0v) is 12.1. The number of pyridine rings is 1. The fraction of sp³-hybridized carbons (Fsp3) is 0.643. The summed E-state index contributed by atoms with van der Waals surface area (Å²) in [6, 6.07) is 3.16. The first-order valence-corrected chi connectivity index (χ1v) is 7.02. The number of aromatic nitrogens is 1. The molecule has 0 atom stereocenters. The van der Waals surface area contributed by atoms with E-state index in [9.17, 15) is 18.0 Å². The second kappa shape index (κ2) is 8.84. The van der Waals surface area contributed by atoms with Crippen molar-refractivity contribution in [3.05, 3.63) is 34.2 Å². The highest BCUT2D eigenvalue weighted by molar-refractivity contribution is 5.10. The van der Waals surface area contributed by atoms with Crippen LogP contribution >= 0.6 is 0 Å². The van der Waals surface area contributed by atoms with E-state index in [0.29, 0.717) is 19.8 Å². The lowest BCUT2D eigenvalue weighted by atomic mass is 10.3. The molecular formula is C14H21F3N2O2. The van der Waals surface area contributed by atoms with Gasteiger partial charge in [0.25, 0.3) is 5.56 Å². The molecule has 4 nitrogen and oxygen atoms in total. The van der Waals surface area contributed by atoms with Gasteiger partial charge >= 0.3 is 6.18 Å². The van der Waals surface area contributed by atoms with Gasteiger partial charge in [-0.15, -0.1) is 0 Å². The summed E-state index contributed by atoms with van der Waals surface area (Å²) in [5, 5.41) is 2.96. The van der Waals surface area contributed by atoms with Crippen LogP contribution in [0.3, 0.4) is 0 Å². The molecule has 0 bridgehead atoms. The summed E-state index contributed by atoms with van der Waals surface area (Å²) in [6.07, 6.45) is -2.47. The van der Waals surface area contributed by atoms with Crippen LogP contribution in [-0.4, -0.2) is 30.9 Å². The number of ether oxygens (including phenoxy) is 1. The summed E-state index contributed by atoms with van der Waals surface area (Å²) in [7, 11) is 0. The van der Waals surface area contributed by atoms with E-state index in [1.807, 2.05) is 0 Å². The normalized spacial score (nSPS) is 11.8. The van der Waals surface area contributed by atoms with E-state index in [0.717, 1.165) is 35.6 Å². The molecule has 7 heteroatoms. The van der Waals surface area contributed by atoms with Crippen LogP contribution in [0.2, 0.25) is 0 Å². The Morgan fingerprint density at radius 3 is 2.67 bits per heavy atom. The van der Waals surface area contributed by atoms with Gasteiger partial charge < -0.3 is 14.6 Å². The summed E-state index contributed by atoms with van der Waals surface area (Å²) in [5.74, 6) is 0. The first kappa shape index (κ1) is 17.7. The summed E-state index contributed by atoms with van der Waals surface area (Å²) in [6.45, 7) is 4.07. The fourth-order valence-corrected chi connectivity index (χ4v) is 1.81. The molecule has 0 unspecified atom stereocenters. The Morgan fingerprint density at radius 2 is 2.00 bits per heavy atom. The van der Waals surface area contributed by atoms with Crippen LogP contribution < -0.4 is 10.9 Å². The molecule has 0 radical (unpaired) electrons. The van der Waals surface area contributed by atoms with Crippen molar-refractivity contribution in [1.82, 2.24) is 9.88 Å². The highest BCUT2D eigenvalue weighted by Crippen LogP contribution is 2.27. The van der Waals surface area contributed by atoms with Gasteiger partial charge in [-0.1, -0.05) is 19.4 Å². The van der Waals surface area contributed by atoms with Crippen molar-refractivity contribution >= 4 is 0 Å². The van der Waals surface area contributed by atoms with Crippen molar-refractivity contribution in [3.63, 3.8) is 0 Å². The van der Waals surface area contributed by atoms with Crippen LogP contribution in [0.4, 0.5) is 13.2 Å². The molecule has 0 aromatic carbocycles. The third-order valence-electron chi connectivity index (χ3n) is 2.92. The maximum Gasteiger partial charge on any atom is 0.431 e. The summed E-state index contributed by atoms with van der Waals surface area (Å²) < 4.78 is 44.4. The van der Waals surface area contributed by atoms with Crippen LogP contribution in [0, 0.1) is 0 Å². The Hall–Kier alpha value is -1.34. The van der Waals surface area contributed by atoms with Gasteiger partial charge in [-0.3, -0.25) is 4.79 Å². The maximum absolute atomic E-state index is 12.8. The lowest BCUT2D eigenvalue weighted by Crippen LogP contribution is -2.32. The van der Waals surface area contributed by atoms with Gasteiger partial charge in [0.2, 0.25) is 0 Å². The van der Waals surface area contributed by atoms with Crippen LogP contribution in [0.15, 0.2) is 23.0 Å². The van der Waals surface area contributed by atoms with E-state index in [1.54, 1.807) is 0 Å². The van der Waals surface area contributed by atoms with Gasteiger partial charge in [0.1, 0.15) is 5.69 Å². The lowest BCUT2D eigenvalue weighted by Gasteiger charge is -2.15. The SMILES string of the molecule is CCCCOCCNCCn1c(C(F)(F)F)cccc1=O. The van der Waals surface area contributed by atoms with Crippen molar-refractivity contribution in [1.29, 1.82) is 0 Å². The molecule has 0 fully saturated rings. The van der Waals surface area contributed by atoms with Crippen molar-refractivity contribution in [3.8, 4) is 0 Å². The number of rotatable bonds is 9. The number of hydrogen-bond acceptors (Lipinski definition) is 3. The predicted molar refractivity (Wildman–Crippen MR) is 74.3 cm³/mol. The van der Waals surface area contributed by atoms with Gasteiger partial charge in [0, 0.05) is 32.3 Å². The Morgan fingerprint density at radius 1 is 1.24 bits per heavy atom. The largest absolute Gasteiger partial charge is 0.431 e. The molecule has 0 aliphatic heterocycles. The van der Waals surface area contributed by atoms with Crippen LogP contribution in [0.5, 0.6) is 0 Å². The zero-order valence-electron chi connectivity index (χ0n) is 12.1. The van der Waals surface area contributed by atoms with Crippen LogP contribution in [0.1, 0.15) is 25.5 Å². The summed E-state index contributed by atoms with van der Waals surface area (Å²) in [5.41, 5.74) is -1.57. The van der Waals surface area contributed by atoms with Crippen molar-refractivity contribution in [2.45, 2.75) is 32.5 Å². The number of nitrogens with zero attached hydrogens (tertiary/aromatic N) is 1. The molecule has 0 aliphatic rings. The molecule has 1 heterocycles. The van der Waals surface area contributed by atoms with E-state index in [4.69, 9.17) is 4.74 Å². The van der Waals surface area contributed by atoms with E-state index < -0.39 is 17.4 Å². The van der Waals surface area contributed by atoms with Gasteiger partial charge in [0.05, 0.1) is 6.61 Å². The highest BCUT2D eigenvalue weighted by Gasteiger charge is 2.33. The third kappa shape index (κ3) is 6.31. The van der Waals surface area contributed by atoms with Gasteiger partial charge in [-0.25, -0.2) is 0 Å². The molecule has 1 rings (SSSR count). The topological polar surface area (TPSA) is 43.3 Å². The second-order valence-corrected chi connectivity index (χ2v) is 4.61. The van der Waals surface area contributed by atoms with E-state index in [-0.39, 0.29) is 13.1 Å². The van der Waals surface area contributed by atoms with Crippen molar-refractivity contribution < 1.29 is 17.9 Å². The Labute approximate surface area is 121 Å². The van der Waals surface area contributed by atoms with Gasteiger partial charge in [0.15, 0.2) is 0 Å². The monoisotopic (exact) mass is 306 g/mol. The average Bonchev–Trinajstić information content (AvgIpc) is 2.42. The number of unbranched alkanes of at least 4 members (excludes halogenated alkanes) is 1. The van der Waals surface area contributed by atoms with Crippen LogP contribution in [0.25, 0.3) is 0 Å². The van der Waals surface area contributed by atoms with Crippen molar-refractivity contribution in [2.24, 2.45) is 0 Å². The lowest BCUT2D eigenvalue weighted by molar-refractivity contribution is -0.144. The molecule has 0 spiro atoms. The third-order valence-corrected chi connectivity index (χ3v) is 2.92. The Kier molecular flexibility index (Phi) is 7.45. The van der Waals surface area contributed by atoms with E-state index >= 15 is 0 Å². The number of nitrogens with one attached hydrogen (secondary N) is 1. The number of halogens is 3. The first-order valence-electron chi connectivity index (χ1n) is 7.02. The molecule has 0 saturated carbocycles. The number of alkyl halides is 3. The summed E-state index contributed by atoms with van der Waals surface area (Å²) >= 11 is 0. The van der Waals surface area contributed by atoms with Crippen molar-refractivity contribution in [2.75, 3.05) is 26.3 Å². The molecule has 1 aromatic heterocycles. The molecule has 21 heavy (non-hydrogen) atoms. The molecule has 0 amide bonds. The quantitative estimate of drug-likeness (QED) is 0.712. The first-order chi connectivity index (χ1) is 9.96. The molecule has 0 aliphatic carbocycles. The van der Waals surface area contributed by atoms with E-state index in [2.05, 4.69) is 12.2 Å². The smallest absolute Gasteiger partial charge is 0.380 e. The summed E-state index contributed by atoms with van der Waals surface area (Å²) in [4.78, 5) is 11.5. The van der Waals surface area contributed by atoms with Gasteiger partial charge in [-0.2, -0.15) is 13.2 Å². The number of hydrogen-bond donors (Lipinski definition) is 1. The second-order valence-electron chi connectivity index (χ2n) is 4.61. The Balaban J connectivity index is 2.40. The Bertz CT molecular complexity index is 472. The van der Waals surface area contributed by atoms with Crippen LogP contribution in [-0.2, 0) is 17.5 Å². The highest BCUT2D eigenvalue weighted by atomic mass is 19.4. The standard InChI is InChI=1S/C14H21F3N2O2/c1-2-3-10-21-11-8-18-7-9-19-12(14(15,16)17)5-4-6-13(19)20/h4-6,18H,2-3,7-11H2,1H3. The minimum absolute atomic E-state index is 0.0243. The minimum atomic E-state index is -4.52.